The molecule has 3 nitrogen and oxygen atoms in total. The molecule has 1 heterocycles. The third kappa shape index (κ3) is 2.69. The Hall–Kier alpha value is -1.62. The Balaban J connectivity index is 1.92. The molecule has 0 saturated heterocycles. The number of hydrogen-bond acceptors (Lipinski definition) is 2. The molecule has 1 aromatic heterocycles. The Labute approximate surface area is 132 Å². The van der Waals surface area contributed by atoms with Crippen LogP contribution in [-0.4, -0.2) is 27.3 Å². The third-order valence-electron chi connectivity index (χ3n) is 4.56. The zero-order valence-electron chi connectivity index (χ0n) is 13.5. The van der Waals surface area contributed by atoms with Crippen LogP contribution in [0.15, 0.2) is 48.5 Å². The summed E-state index contributed by atoms with van der Waals surface area (Å²) in [5, 5.41) is 2.66. The van der Waals surface area contributed by atoms with Crippen molar-refractivity contribution in [2.24, 2.45) is 0 Å². The number of rotatable bonds is 6. The van der Waals surface area contributed by atoms with Crippen LogP contribution in [0.25, 0.3) is 21.8 Å². The molecule has 0 spiro atoms. The fourth-order valence-corrected chi connectivity index (χ4v) is 4.47. The lowest BCUT2D eigenvalue weighted by Gasteiger charge is -2.22. The molecule has 0 N–H and O–H groups in total. The van der Waals surface area contributed by atoms with E-state index in [0.717, 1.165) is 19.0 Å². The maximum absolute atomic E-state index is 5.59. The highest BCUT2D eigenvalue weighted by Crippen LogP contribution is 2.29. The summed E-state index contributed by atoms with van der Waals surface area (Å²) in [6.45, 7) is 3.11. The van der Waals surface area contributed by atoms with Crippen LogP contribution in [0, 0.1) is 0 Å². The number of benzene rings is 2. The van der Waals surface area contributed by atoms with Crippen molar-refractivity contribution >= 4 is 30.4 Å². The number of aromatic nitrogens is 1. The number of nitrogens with zero attached hydrogens (tertiary/aromatic N) is 1. The first-order chi connectivity index (χ1) is 10.7. The predicted octanol–water partition coefficient (Wildman–Crippen LogP) is 4.55. The Kier molecular flexibility index (Phi) is 4.34. The molecule has 0 bridgehead atoms. The van der Waals surface area contributed by atoms with Gasteiger partial charge in [-0.1, -0.05) is 36.4 Å². The van der Waals surface area contributed by atoms with Crippen LogP contribution in [-0.2, 0) is 15.4 Å². The molecular formula is C18H23NO2Si. The average Bonchev–Trinajstić information content (AvgIpc) is 2.89. The van der Waals surface area contributed by atoms with E-state index in [9.17, 15) is 0 Å². The van der Waals surface area contributed by atoms with Crippen molar-refractivity contribution in [3.63, 3.8) is 0 Å². The van der Waals surface area contributed by atoms with Gasteiger partial charge >= 0.3 is 8.56 Å². The van der Waals surface area contributed by atoms with Crippen molar-refractivity contribution in [2.75, 3.05) is 14.2 Å². The zero-order valence-corrected chi connectivity index (χ0v) is 14.5. The van der Waals surface area contributed by atoms with Crippen molar-refractivity contribution < 1.29 is 8.85 Å². The molecule has 0 amide bonds. The molecule has 0 saturated carbocycles. The van der Waals surface area contributed by atoms with E-state index in [4.69, 9.17) is 8.85 Å². The summed E-state index contributed by atoms with van der Waals surface area (Å²) in [6.07, 6.45) is 1.06. The van der Waals surface area contributed by atoms with Gasteiger partial charge in [0.1, 0.15) is 0 Å². The number of para-hydroxylation sites is 2. The van der Waals surface area contributed by atoms with Crippen LogP contribution in [0.1, 0.15) is 6.42 Å². The van der Waals surface area contributed by atoms with E-state index in [1.54, 1.807) is 14.2 Å². The molecule has 3 aromatic rings. The van der Waals surface area contributed by atoms with Gasteiger partial charge in [-0.05, 0) is 31.1 Å². The van der Waals surface area contributed by atoms with E-state index in [-0.39, 0.29) is 0 Å². The Morgan fingerprint density at radius 3 is 1.86 bits per heavy atom. The van der Waals surface area contributed by atoms with E-state index < -0.39 is 8.56 Å². The fraction of sp³-hybridized carbons (Fsp3) is 0.333. The van der Waals surface area contributed by atoms with Gasteiger partial charge < -0.3 is 13.4 Å². The van der Waals surface area contributed by atoms with E-state index >= 15 is 0 Å². The highest BCUT2D eigenvalue weighted by atomic mass is 28.4. The number of aryl methyl sites for hydroxylation is 1. The van der Waals surface area contributed by atoms with Gasteiger partial charge in [-0.15, -0.1) is 0 Å². The quantitative estimate of drug-likeness (QED) is 0.623. The molecule has 2 aromatic carbocycles. The first kappa shape index (κ1) is 15.3. The smallest absolute Gasteiger partial charge is 0.334 e. The van der Waals surface area contributed by atoms with Crippen LogP contribution < -0.4 is 0 Å². The monoisotopic (exact) mass is 313 g/mol. The zero-order chi connectivity index (χ0) is 15.6. The summed E-state index contributed by atoms with van der Waals surface area (Å²) in [5.41, 5.74) is 2.61. The largest absolute Gasteiger partial charge is 0.398 e. The minimum Gasteiger partial charge on any atom is -0.398 e. The van der Waals surface area contributed by atoms with Crippen molar-refractivity contribution in [3.8, 4) is 0 Å². The topological polar surface area (TPSA) is 23.4 Å². The van der Waals surface area contributed by atoms with Gasteiger partial charge in [-0.25, -0.2) is 0 Å². The Morgan fingerprint density at radius 1 is 0.864 bits per heavy atom. The lowest BCUT2D eigenvalue weighted by Crippen LogP contribution is -2.36. The lowest BCUT2D eigenvalue weighted by atomic mass is 10.2. The van der Waals surface area contributed by atoms with Crippen LogP contribution in [0.2, 0.25) is 12.6 Å². The highest BCUT2D eigenvalue weighted by molar-refractivity contribution is 6.65. The Morgan fingerprint density at radius 2 is 1.36 bits per heavy atom. The van der Waals surface area contributed by atoms with Crippen molar-refractivity contribution in [3.05, 3.63) is 48.5 Å². The maximum atomic E-state index is 5.59. The average molecular weight is 313 g/mol. The molecule has 116 valence electrons. The Bertz CT molecular complexity index is 724. The van der Waals surface area contributed by atoms with Crippen molar-refractivity contribution in [1.82, 2.24) is 4.57 Å². The number of fused-ring (bicyclic) bond motifs is 3. The van der Waals surface area contributed by atoms with Crippen molar-refractivity contribution in [1.29, 1.82) is 0 Å². The normalized spacial score (nSPS) is 12.3. The molecule has 0 unspecified atom stereocenters. The van der Waals surface area contributed by atoms with E-state index in [1.807, 2.05) is 0 Å². The molecule has 3 rings (SSSR count). The third-order valence-corrected chi connectivity index (χ3v) is 7.55. The minimum absolute atomic E-state index is 0.989. The summed E-state index contributed by atoms with van der Waals surface area (Å²) in [7, 11) is 1.54. The summed E-state index contributed by atoms with van der Waals surface area (Å²) >= 11 is 0. The van der Waals surface area contributed by atoms with E-state index in [0.29, 0.717) is 0 Å². The SMILES string of the molecule is CO[Si](C)(CCCn1c2ccccc2c2ccccc21)OC. The molecule has 0 aliphatic heterocycles. The molecule has 0 radical (unpaired) electrons. The number of hydrogen-bond donors (Lipinski definition) is 0. The second-order valence-electron chi connectivity index (χ2n) is 5.83. The van der Waals surface area contributed by atoms with Gasteiger partial charge in [-0.2, -0.15) is 0 Å². The summed E-state index contributed by atoms with van der Waals surface area (Å²) in [6, 6.07) is 18.3. The molecule has 0 atom stereocenters. The second kappa shape index (κ2) is 6.24. The van der Waals surface area contributed by atoms with Crippen LogP contribution >= 0.6 is 0 Å². The standard InChI is InChI=1S/C18H23NO2Si/c1-20-22(3,21-2)14-8-13-19-17-11-6-4-9-15(17)16-10-5-7-12-18(16)19/h4-7,9-12H,8,13-14H2,1-3H3. The van der Waals surface area contributed by atoms with Gasteiger partial charge in [0, 0.05) is 42.6 Å². The van der Waals surface area contributed by atoms with Gasteiger partial charge in [-0.3, -0.25) is 0 Å². The lowest BCUT2D eigenvalue weighted by molar-refractivity contribution is 0.248. The molecular weight excluding hydrogens is 290 g/mol. The van der Waals surface area contributed by atoms with Gasteiger partial charge in [0.25, 0.3) is 0 Å². The maximum Gasteiger partial charge on any atom is 0.334 e. The van der Waals surface area contributed by atoms with Gasteiger partial charge in [0.15, 0.2) is 0 Å². The summed E-state index contributed by atoms with van der Waals surface area (Å²) in [5.74, 6) is 0. The van der Waals surface area contributed by atoms with Crippen LogP contribution in [0.3, 0.4) is 0 Å². The second-order valence-corrected chi connectivity index (χ2v) is 9.42. The molecule has 22 heavy (non-hydrogen) atoms. The minimum atomic E-state index is -1.98. The van der Waals surface area contributed by atoms with E-state index in [2.05, 4.69) is 59.6 Å². The van der Waals surface area contributed by atoms with Crippen LogP contribution in [0.5, 0.6) is 0 Å². The highest BCUT2D eigenvalue weighted by Gasteiger charge is 2.27. The van der Waals surface area contributed by atoms with E-state index in [1.165, 1.54) is 21.8 Å². The van der Waals surface area contributed by atoms with Crippen molar-refractivity contribution in [2.45, 2.75) is 25.6 Å². The fourth-order valence-electron chi connectivity index (χ4n) is 3.09. The predicted molar refractivity (Wildman–Crippen MR) is 94.5 cm³/mol. The first-order valence-corrected chi connectivity index (χ1v) is 10.3. The molecule has 0 aliphatic carbocycles. The molecule has 0 fully saturated rings. The summed E-state index contributed by atoms with van der Waals surface area (Å²) in [4.78, 5) is 0. The van der Waals surface area contributed by atoms with Gasteiger partial charge in [0.2, 0.25) is 0 Å². The van der Waals surface area contributed by atoms with Gasteiger partial charge in [0.05, 0.1) is 0 Å². The van der Waals surface area contributed by atoms with Crippen LogP contribution in [0.4, 0.5) is 0 Å². The first-order valence-electron chi connectivity index (χ1n) is 7.75. The summed E-state index contributed by atoms with van der Waals surface area (Å²) < 4.78 is 13.6. The molecule has 0 aliphatic rings. The molecule has 4 heteroatoms.